The highest BCUT2D eigenvalue weighted by Gasteiger charge is 2.10. The van der Waals surface area contributed by atoms with Gasteiger partial charge >= 0.3 is 0 Å². The molecule has 0 spiro atoms. The Labute approximate surface area is 113 Å². The third kappa shape index (κ3) is 2.27. The lowest BCUT2D eigenvalue weighted by Gasteiger charge is -2.11. The van der Waals surface area contributed by atoms with Gasteiger partial charge in [0, 0.05) is 0 Å². The minimum Gasteiger partial charge on any atom is -0.0859 e. The van der Waals surface area contributed by atoms with Gasteiger partial charge in [0.2, 0.25) is 0 Å². The Morgan fingerprint density at radius 2 is 1.28 bits per heavy atom. The van der Waals surface area contributed by atoms with Gasteiger partial charge in [-0.1, -0.05) is 78.0 Å². The van der Waals surface area contributed by atoms with Crippen LogP contribution in [0.2, 0.25) is 0 Å². The first-order chi connectivity index (χ1) is 8.84. The van der Waals surface area contributed by atoms with Gasteiger partial charge in [0.05, 0.1) is 7.27 Å². The molecule has 18 heavy (non-hydrogen) atoms. The van der Waals surface area contributed by atoms with E-state index in [1.165, 1.54) is 21.4 Å². The second-order valence-corrected chi connectivity index (χ2v) is 6.76. The first kappa shape index (κ1) is 11.7. The molecule has 88 valence electrons. The molecule has 0 saturated heterocycles. The molecule has 0 heterocycles. The van der Waals surface area contributed by atoms with Crippen LogP contribution in [0.5, 0.6) is 0 Å². The van der Waals surface area contributed by atoms with Crippen molar-refractivity contribution in [2.75, 3.05) is 0 Å². The van der Waals surface area contributed by atoms with Crippen LogP contribution in [0.4, 0.5) is 0 Å². The largest absolute Gasteiger partial charge is 0.0859 e. The van der Waals surface area contributed by atoms with Gasteiger partial charge in [-0.15, -0.1) is 0 Å². The molecule has 3 aromatic carbocycles. The first-order valence-corrected chi connectivity index (χ1v) is 8.09. The van der Waals surface area contributed by atoms with Crippen molar-refractivity contribution in [1.82, 2.24) is 0 Å². The highest BCUT2D eigenvalue weighted by Crippen LogP contribution is 2.39. The minimum absolute atomic E-state index is 0.772. The number of rotatable bonds is 2. The quantitative estimate of drug-likeness (QED) is 0.605. The fraction of sp³-hybridized carbons (Fsp3) is 0. The number of halogens is 1. The van der Waals surface area contributed by atoms with Gasteiger partial charge in [-0.2, -0.15) is 0 Å². The van der Waals surface area contributed by atoms with E-state index in [1.54, 1.807) is 0 Å². The lowest BCUT2D eigenvalue weighted by Crippen LogP contribution is -2.07. The molecule has 0 saturated carbocycles. The summed E-state index contributed by atoms with van der Waals surface area (Å²) in [4.78, 5) is 0. The van der Waals surface area contributed by atoms with Crippen molar-refractivity contribution in [3.63, 3.8) is 0 Å². The lowest BCUT2D eigenvalue weighted by atomic mass is 10.1. The third-order valence-corrected chi connectivity index (χ3v) is 5.60. The van der Waals surface area contributed by atoms with Crippen LogP contribution in [-0.4, -0.2) is 0 Å². The smallest absolute Gasteiger partial charge is 0.0524 e. The Kier molecular flexibility index (Phi) is 3.32. The Morgan fingerprint density at radius 3 is 2.06 bits per heavy atom. The Morgan fingerprint density at radius 1 is 0.611 bits per heavy atom. The molecule has 2 heteroatoms. The fourth-order valence-corrected chi connectivity index (χ4v) is 3.85. The highest BCUT2D eigenvalue weighted by molar-refractivity contribution is 7.95. The molecule has 0 aliphatic heterocycles. The number of hydrogen-bond donors (Lipinski definition) is 0. The summed E-state index contributed by atoms with van der Waals surface area (Å²) in [6, 6.07) is 25.1. The number of hydrogen-bond acceptors (Lipinski definition) is 0. The monoisotopic (exact) mass is 270 g/mol. The Balaban J connectivity index is 2.04. The van der Waals surface area contributed by atoms with Gasteiger partial charge in [-0.25, -0.2) is 0 Å². The molecule has 0 amide bonds. The lowest BCUT2D eigenvalue weighted by molar-refractivity contribution is 1.77. The second kappa shape index (κ2) is 5.10. The standard InChI is InChI=1S/C16H12ClP/c17-18(15-8-2-1-3-9-15)16-11-10-13-6-4-5-7-14(13)12-16/h1-12H. The van der Waals surface area contributed by atoms with Crippen LogP contribution >= 0.6 is 18.5 Å². The third-order valence-electron chi connectivity index (χ3n) is 2.94. The summed E-state index contributed by atoms with van der Waals surface area (Å²) in [5.41, 5.74) is 0. The summed E-state index contributed by atoms with van der Waals surface area (Å²) in [5, 5.41) is 4.91. The van der Waals surface area contributed by atoms with E-state index < -0.39 is 7.27 Å². The molecular weight excluding hydrogens is 259 g/mol. The van der Waals surface area contributed by atoms with Crippen LogP contribution in [0.25, 0.3) is 10.8 Å². The predicted molar refractivity (Wildman–Crippen MR) is 82.4 cm³/mol. The van der Waals surface area contributed by atoms with Crippen molar-refractivity contribution in [1.29, 1.82) is 0 Å². The molecule has 0 radical (unpaired) electrons. The van der Waals surface area contributed by atoms with Crippen molar-refractivity contribution >= 4 is 39.9 Å². The molecule has 0 bridgehead atoms. The zero-order valence-electron chi connectivity index (χ0n) is 9.75. The Bertz CT molecular complexity index is 664. The molecule has 0 fully saturated rings. The van der Waals surface area contributed by atoms with Crippen LogP contribution in [0.1, 0.15) is 0 Å². The molecule has 0 nitrogen and oxygen atoms in total. The maximum Gasteiger partial charge on any atom is 0.0524 e. The van der Waals surface area contributed by atoms with Gasteiger partial charge in [0.15, 0.2) is 0 Å². The van der Waals surface area contributed by atoms with E-state index >= 15 is 0 Å². The summed E-state index contributed by atoms with van der Waals surface area (Å²) >= 11 is 6.60. The summed E-state index contributed by atoms with van der Waals surface area (Å²) in [6.07, 6.45) is 0. The first-order valence-electron chi connectivity index (χ1n) is 5.84. The molecule has 3 rings (SSSR count). The number of benzene rings is 3. The second-order valence-electron chi connectivity index (χ2n) is 4.15. The summed E-state index contributed by atoms with van der Waals surface area (Å²) in [5.74, 6) is 0. The van der Waals surface area contributed by atoms with Crippen molar-refractivity contribution < 1.29 is 0 Å². The SMILES string of the molecule is ClP(c1ccccc1)c1ccc2ccccc2c1. The Hall–Kier alpha value is -1.36. The zero-order valence-corrected chi connectivity index (χ0v) is 11.4. The summed E-state index contributed by atoms with van der Waals surface area (Å²) in [6.45, 7) is 0. The van der Waals surface area contributed by atoms with Crippen LogP contribution in [0.3, 0.4) is 0 Å². The molecule has 3 aromatic rings. The van der Waals surface area contributed by atoms with E-state index in [0.717, 1.165) is 0 Å². The van der Waals surface area contributed by atoms with E-state index in [0.29, 0.717) is 0 Å². The van der Waals surface area contributed by atoms with E-state index in [1.807, 2.05) is 18.2 Å². The number of fused-ring (bicyclic) bond motifs is 1. The summed E-state index contributed by atoms with van der Waals surface area (Å²) in [7, 11) is -0.772. The summed E-state index contributed by atoms with van der Waals surface area (Å²) < 4.78 is 0. The van der Waals surface area contributed by atoms with Crippen molar-refractivity contribution in [3.05, 3.63) is 72.8 Å². The predicted octanol–water partition coefficient (Wildman–Crippen LogP) is 4.43. The van der Waals surface area contributed by atoms with Crippen molar-refractivity contribution in [2.24, 2.45) is 0 Å². The average molecular weight is 271 g/mol. The molecule has 0 aliphatic carbocycles. The van der Waals surface area contributed by atoms with E-state index in [4.69, 9.17) is 11.2 Å². The van der Waals surface area contributed by atoms with Crippen LogP contribution in [0, 0.1) is 0 Å². The normalized spacial score (nSPS) is 12.5. The molecular formula is C16H12ClP. The maximum absolute atomic E-state index is 6.60. The van der Waals surface area contributed by atoms with Gasteiger partial charge in [0.25, 0.3) is 0 Å². The van der Waals surface area contributed by atoms with Crippen LogP contribution < -0.4 is 10.6 Å². The maximum atomic E-state index is 6.60. The molecule has 0 N–H and O–H groups in total. The van der Waals surface area contributed by atoms with Crippen molar-refractivity contribution in [2.45, 2.75) is 0 Å². The van der Waals surface area contributed by atoms with Gasteiger partial charge in [-0.05, 0) is 27.4 Å². The van der Waals surface area contributed by atoms with Crippen LogP contribution in [0.15, 0.2) is 72.8 Å². The van der Waals surface area contributed by atoms with Gasteiger partial charge in [0.1, 0.15) is 0 Å². The fourth-order valence-electron chi connectivity index (χ4n) is 2.01. The highest BCUT2D eigenvalue weighted by atomic mass is 35.7. The molecule has 0 aromatic heterocycles. The van der Waals surface area contributed by atoms with Crippen LogP contribution in [-0.2, 0) is 0 Å². The molecule has 0 aliphatic rings. The van der Waals surface area contributed by atoms with E-state index in [9.17, 15) is 0 Å². The molecule has 1 unspecified atom stereocenters. The zero-order chi connectivity index (χ0) is 12.4. The van der Waals surface area contributed by atoms with Gasteiger partial charge in [-0.3, -0.25) is 0 Å². The average Bonchev–Trinajstić information content (AvgIpc) is 2.47. The molecule has 1 atom stereocenters. The van der Waals surface area contributed by atoms with E-state index in [2.05, 4.69) is 54.6 Å². The minimum atomic E-state index is -0.772. The van der Waals surface area contributed by atoms with E-state index in [-0.39, 0.29) is 0 Å². The van der Waals surface area contributed by atoms with Gasteiger partial charge < -0.3 is 0 Å². The topological polar surface area (TPSA) is 0 Å². The van der Waals surface area contributed by atoms with Crippen molar-refractivity contribution in [3.8, 4) is 0 Å².